The highest BCUT2D eigenvalue weighted by molar-refractivity contribution is 7.92. The van der Waals surface area contributed by atoms with Crippen molar-refractivity contribution in [3.63, 3.8) is 0 Å². The molecular formula is C29H35N3O7S. The van der Waals surface area contributed by atoms with E-state index in [1.165, 1.54) is 45.4 Å². The predicted octanol–water partition coefficient (Wildman–Crippen LogP) is 2.86. The van der Waals surface area contributed by atoms with Crippen LogP contribution in [0.25, 0.3) is 0 Å². The highest BCUT2D eigenvalue weighted by Crippen LogP contribution is 2.32. The average Bonchev–Trinajstić information content (AvgIpc) is 2.96. The van der Waals surface area contributed by atoms with Crippen LogP contribution in [0.15, 0.2) is 72.8 Å². The summed E-state index contributed by atoms with van der Waals surface area (Å²) >= 11 is 0. The summed E-state index contributed by atoms with van der Waals surface area (Å²) in [4.78, 5) is 28.6. The van der Waals surface area contributed by atoms with Crippen LogP contribution >= 0.6 is 0 Å². The molecule has 0 saturated carbocycles. The minimum atomic E-state index is -3.92. The van der Waals surface area contributed by atoms with E-state index in [0.29, 0.717) is 22.8 Å². The number of rotatable bonds is 13. The van der Waals surface area contributed by atoms with Gasteiger partial charge < -0.3 is 24.4 Å². The second-order valence-corrected chi connectivity index (χ2v) is 10.9. The fourth-order valence-electron chi connectivity index (χ4n) is 4.28. The number of nitrogens with zero attached hydrogens (tertiary/aromatic N) is 2. The van der Waals surface area contributed by atoms with E-state index in [9.17, 15) is 18.0 Å². The first-order chi connectivity index (χ1) is 19.1. The fourth-order valence-corrected chi connectivity index (χ4v) is 5.12. The lowest BCUT2D eigenvalue weighted by atomic mass is 10.0. The first kappa shape index (κ1) is 30.3. The molecule has 0 heterocycles. The van der Waals surface area contributed by atoms with Gasteiger partial charge in [0.15, 0.2) is 11.5 Å². The molecule has 0 aliphatic heterocycles. The summed E-state index contributed by atoms with van der Waals surface area (Å²) in [6.07, 6.45) is 1.25. The number of ether oxygens (including phenoxy) is 3. The Bertz CT molecular complexity index is 1410. The Kier molecular flexibility index (Phi) is 10.4. The first-order valence-corrected chi connectivity index (χ1v) is 14.3. The summed E-state index contributed by atoms with van der Waals surface area (Å²) in [7, 11) is 2.03. The van der Waals surface area contributed by atoms with Crippen molar-refractivity contribution in [3.8, 4) is 17.2 Å². The van der Waals surface area contributed by atoms with Gasteiger partial charge in [0, 0.05) is 26.1 Å². The molecule has 214 valence electrons. The number of hydrogen-bond acceptors (Lipinski definition) is 7. The molecule has 0 saturated heterocycles. The van der Waals surface area contributed by atoms with Gasteiger partial charge in [-0.2, -0.15) is 0 Å². The third-order valence-corrected chi connectivity index (χ3v) is 7.48. The molecule has 0 aliphatic rings. The molecule has 3 aromatic rings. The van der Waals surface area contributed by atoms with E-state index in [2.05, 4.69) is 5.32 Å². The van der Waals surface area contributed by atoms with Crippen LogP contribution in [0.5, 0.6) is 17.2 Å². The molecule has 0 spiro atoms. The number of nitrogens with one attached hydrogen (secondary N) is 1. The summed E-state index contributed by atoms with van der Waals surface area (Å²) in [5.41, 5.74) is 1.78. The third kappa shape index (κ3) is 7.66. The van der Waals surface area contributed by atoms with Crippen LogP contribution in [-0.2, 0) is 32.6 Å². The van der Waals surface area contributed by atoms with E-state index in [0.717, 1.165) is 16.1 Å². The molecule has 11 heteroatoms. The number of carbonyl (C=O) groups excluding carboxylic acids is 2. The first-order valence-electron chi connectivity index (χ1n) is 12.5. The molecule has 2 amide bonds. The van der Waals surface area contributed by atoms with E-state index in [4.69, 9.17) is 14.2 Å². The molecule has 1 N–H and O–H groups in total. The van der Waals surface area contributed by atoms with Gasteiger partial charge in [-0.05, 0) is 35.4 Å². The second kappa shape index (κ2) is 13.7. The van der Waals surface area contributed by atoms with Crippen LogP contribution < -0.4 is 23.8 Å². The molecule has 40 heavy (non-hydrogen) atoms. The van der Waals surface area contributed by atoms with E-state index >= 15 is 0 Å². The number of hydrogen-bond donors (Lipinski definition) is 1. The molecule has 0 aromatic heterocycles. The van der Waals surface area contributed by atoms with E-state index in [-0.39, 0.29) is 24.6 Å². The standard InChI is InChI=1S/C29H35N3O7S/c1-30-29(34)25(17-21-10-7-6-8-11-21)31(19-22-12-9-13-24(16-22)37-2)28(33)20-32(40(5,35)36)23-14-15-26(38-3)27(18-23)39-4/h6-16,18,25H,17,19-20H2,1-5H3,(H,30,34)/t25-/m1/s1. The topological polar surface area (TPSA) is 114 Å². The summed E-state index contributed by atoms with van der Waals surface area (Å²) in [5.74, 6) is 0.368. The SMILES string of the molecule is CNC(=O)[C@@H](Cc1ccccc1)N(Cc1cccc(OC)c1)C(=O)CN(c1ccc(OC)c(OC)c1)S(C)(=O)=O. The number of methoxy groups -OCH3 is 3. The van der Waals surface area contributed by atoms with E-state index in [1.807, 2.05) is 36.4 Å². The van der Waals surface area contributed by atoms with Crippen LogP contribution in [0, 0.1) is 0 Å². The quantitative estimate of drug-likeness (QED) is 0.337. The maximum Gasteiger partial charge on any atom is 0.244 e. The Labute approximate surface area is 235 Å². The van der Waals surface area contributed by atoms with Crippen LogP contribution in [0.2, 0.25) is 0 Å². The monoisotopic (exact) mass is 569 g/mol. The second-order valence-electron chi connectivity index (χ2n) is 9.00. The lowest BCUT2D eigenvalue weighted by Crippen LogP contribution is -2.52. The van der Waals surface area contributed by atoms with Crippen LogP contribution in [0.1, 0.15) is 11.1 Å². The van der Waals surface area contributed by atoms with Gasteiger partial charge in [-0.1, -0.05) is 42.5 Å². The van der Waals surface area contributed by atoms with Gasteiger partial charge in [-0.25, -0.2) is 8.42 Å². The highest BCUT2D eigenvalue weighted by Gasteiger charge is 2.33. The maximum absolute atomic E-state index is 14.0. The molecule has 10 nitrogen and oxygen atoms in total. The smallest absolute Gasteiger partial charge is 0.244 e. The number of amides is 2. The van der Waals surface area contributed by atoms with Gasteiger partial charge in [0.05, 0.1) is 33.3 Å². The summed E-state index contributed by atoms with van der Waals surface area (Å²) in [6.45, 7) is -0.495. The molecule has 3 rings (SSSR count). The van der Waals surface area contributed by atoms with Gasteiger partial charge in [0.2, 0.25) is 21.8 Å². The summed E-state index contributed by atoms with van der Waals surface area (Å²) < 4.78 is 42.8. The Morgan fingerprint density at radius 3 is 2.12 bits per heavy atom. The van der Waals surface area contributed by atoms with Gasteiger partial charge in [0.25, 0.3) is 0 Å². The number of carbonyl (C=O) groups is 2. The van der Waals surface area contributed by atoms with Crippen molar-refractivity contribution >= 4 is 27.5 Å². The lowest BCUT2D eigenvalue weighted by molar-refractivity contribution is -0.139. The highest BCUT2D eigenvalue weighted by atomic mass is 32.2. The largest absolute Gasteiger partial charge is 0.497 e. The Morgan fingerprint density at radius 2 is 1.52 bits per heavy atom. The lowest BCUT2D eigenvalue weighted by Gasteiger charge is -2.33. The number of likely N-dealkylation sites (N-methyl/N-ethyl adjacent to an activating group) is 1. The van der Waals surface area contributed by atoms with Gasteiger partial charge >= 0.3 is 0 Å². The molecule has 3 aromatic carbocycles. The van der Waals surface area contributed by atoms with Crippen molar-refractivity contribution in [2.75, 3.05) is 45.5 Å². The van der Waals surface area contributed by atoms with Crippen molar-refractivity contribution in [1.82, 2.24) is 10.2 Å². The van der Waals surface area contributed by atoms with Crippen molar-refractivity contribution in [2.24, 2.45) is 0 Å². The van der Waals surface area contributed by atoms with Gasteiger partial charge in [-0.15, -0.1) is 0 Å². The number of anilines is 1. The van der Waals surface area contributed by atoms with Crippen molar-refractivity contribution in [3.05, 3.63) is 83.9 Å². The minimum Gasteiger partial charge on any atom is -0.497 e. The summed E-state index contributed by atoms with van der Waals surface area (Å²) in [6, 6.07) is 20.1. The third-order valence-electron chi connectivity index (χ3n) is 6.34. The maximum atomic E-state index is 14.0. The summed E-state index contributed by atoms with van der Waals surface area (Å²) in [5, 5.41) is 2.65. The molecular weight excluding hydrogens is 534 g/mol. The zero-order valence-corrected chi connectivity index (χ0v) is 24.1. The average molecular weight is 570 g/mol. The van der Waals surface area contributed by atoms with Crippen molar-refractivity contribution in [2.45, 2.75) is 19.0 Å². The van der Waals surface area contributed by atoms with E-state index in [1.54, 1.807) is 24.3 Å². The predicted molar refractivity (Wildman–Crippen MR) is 153 cm³/mol. The molecule has 1 atom stereocenters. The molecule has 0 radical (unpaired) electrons. The van der Waals surface area contributed by atoms with Gasteiger partial charge in [-0.3, -0.25) is 13.9 Å². The Balaban J connectivity index is 2.06. The number of benzene rings is 3. The molecule has 0 bridgehead atoms. The van der Waals surface area contributed by atoms with Crippen molar-refractivity contribution < 1.29 is 32.2 Å². The number of sulfonamides is 1. The molecule has 0 aliphatic carbocycles. The zero-order chi connectivity index (χ0) is 29.3. The molecule has 0 unspecified atom stereocenters. The van der Waals surface area contributed by atoms with Crippen molar-refractivity contribution in [1.29, 1.82) is 0 Å². The van der Waals surface area contributed by atoms with Gasteiger partial charge in [0.1, 0.15) is 18.3 Å². The Hall–Kier alpha value is -4.25. The van der Waals surface area contributed by atoms with Crippen LogP contribution in [-0.4, -0.2) is 72.4 Å². The minimum absolute atomic E-state index is 0.0461. The van der Waals surface area contributed by atoms with Crippen LogP contribution in [0.3, 0.4) is 0 Å². The zero-order valence-electron chi connectivity index (χ0n) is 23.3. The Morgan fingerprint density at radius 1 is 0.850 bits per heavy atom. The molecule has 0 fully saturated rings. The van der Waals surface area contributed by atoms with Crippen LogP contribution in [0.4, 0.5) is 5.69 Å². The fraction of sp³-hybridized carbons (Fsp3) is 0.310. The normalized spacial score (nSPS) is 11.7. The van der Waals surface area contributed by atoms with E-state index < -0.39 is 28.5 Å².